The highest BCUT2D eigenvalue weighted by Crippen LogP contribution is 2.26. The maximum absolute atomic E-state index is 10.4. The van der Waals surface area contributed by atoms with Crippen LogP contribution in [0.2, 0.25) is 5.02 Å². The lowest BCUT2D eigenvalue weighted by atomic mass is 10.1. The van der Waals surface area contributed by atoms with E-state index in [0.717, 1.165) is 0 Å². The average molecular weight is 201 g/mol. The maximum atomic E-state index is 10.4. The number of carbonyl (C=O) groups is 1. The first-order chi connectivity index (χ1) is 6.00. The van der Waals surface area contributed by atoms with E-state index in [-0.39, 0.29) is 12.2 Å². The molecule has 1 rings (SSSR count). The summed E-state index contributed by atoms with van der Waals surface area (Å²) in [6.45, 7) is 1.67. The molecule has 70 valence electrons. The minimum Gasteiger partial charge on any atom is -0.508 e. The SMILES string of the molecule is Cc1c(O)cc(CC(=O)O)cc1Cl. The summed E-state index contributed by atoms with van der Waals surface area (Å²) >= 11 is 5.75. The van der Waals surface area contributed by atoms with Crippen LogP contribution in [0.1, 0.15) is 11.1 Å². The molecule has 1 aromatic rings. The van der Waals surface area contributed by atoms with Crippen LogP contribution < -0.4 is 0 Å². The highest BCUT2D eigenvalue weighted by atomic mass is 35.5. The topological polar surface area (TPSA) is 57.5 Å². The number of hydrogen-bond donors (Lipinski definition) is 2. The third-order valence-electron chi connectivity index (χ3n) is 1.73. The molecule has 13 heavy (non-hydrogen) atoms. The Kier molecular flexibility index (Phi) is 2.78. The molecule has 0 atom stereocenters. The van der Waals surface area contributed by atoms with Gasteiger partial charge in [-0.15, -0.1) is 0 Å². The lowest BCUT2D eigenvalue weighted by Crippen LogP contribution is -2.00. The van der Waals surface area contributed by atoms with Gasteiger partial charge < -0.3 is 10.2 Å². The molecular formula is C9H9ClO3. The highest BCUT2D eigenvalue weighted by molar-refractivity contribution is 6.31. The molecule has 0 aromatic heterocycles. The number of hydrogen-bond acceptors (Lipinski definition) is 2. The number of aliphatic carboxylic acids is 1. The van der Waals surface area contributed by atoms with E-state index in [2.05, 4.69) is 0 Å². The second-order valence-corrected chi connectivity index (χ2v) is 3.20. The summed E-state index contributed by atoms with van der Waals surface area (Å²) in [5.74, 6) is -0.914. The predicted octanol–water partition coefficient (Wildman–Crippen LogP) is 1.98. The second-order valence-electron chi connectivity index (χ2n) is 2.79. The molecule has 0 amide bonds. The fourth-order valence-corrected chi connectivity index (χ4v) is 1.23. The van der Waals surface area contributed by atoms with Gasteiger partial charge in [-0.25, -0.2) is 0 Å². The van der Waals surface area contributed by atoms with Gasteiger partial charge in [0.05, 0.1) is 6.42 Å². The molecular weight excluding hydrogens is 192 g/mol. The van der Waals surface area contributed by atoms with E-state index in [1.54, 1.807) is 13.0 Å². The summed E-state index contributed by atoms with van der Waals surface area (Å²) in [5, 5.41) is 18.2. The fraction of sp³-hybridized carbons (Fsp3) is 0.222. The number of aromatic hydroxyl groups is 1. The van der Waals surface area contributed by atoms with E-state index in [4.69, 9.17) is 16.7 Å². The minimum absolute atomic E-state index is 0.0313. The molecule has 1 aromatic carbocycles. The number of phenolic OH excluding ortho intramolecular Hbond substituents is 1. The number of carboxylic acid groups (broad SMARTS) is 1. The molecule has 0 saturated heterocycles. The summed E-state index contributed by atoms with van der Waals surface area (Å²) in [5.41, 5.74) is 1.07. The zero-order valence-corrected chi connectivity index (χ0v) is 7.80. The lowest BCUT2D eigenvalue weighted by molar-refractivity contribution is -0.136. The van der Waals surface area contributed by atoms with Crippen molar-refractivity contribution < 1.29 is 15.0 Å². The average Bonchev–Trinajstić information content (AvgIpc) is 1.98. The molecule has 0 aliphatic heterocycles. The zero-order valence-electron chi connectivity index (χ0n) is 7.04. The van der Waals surface area contributed by atoms with Crippen molar-refractivity contribution in [1.29, 1.82) is 0 Å². The second kappa shape index (κ2) is 3.66. The summed E-state index contributed by atoms with van der Waals surface area (Å²) < 4.78 is 0. The smallest absolute Gasteiger partial charge is 0.307 e. The van der Waals surface area contributed by atoms with Gasteiger partial charge in [-0.3, -0.25) is 4.79 Å². The third kappa shape index (κ3) is 2.36. The monoisotopic (exact) mass is 200 g/mol. The maximum Gasteiger partial charge on any atom is 0.307 e. The van der Waals surface area contributed by atoms with E-state index in [0.29, 0.717) is 16.1 Å². The largest absolute Gasteiger partial charge is 0.508 e. The van der Waals surface area contributed by atoms with Crippen LogP contribution in [0.4, 0.5) is 0 Å². The van der Waals surface area contributed by atoms with Crippen LogP contribution in [0.25, 0.3) is 0 Å². The molecule has 2 N–H and O–H groups in total. The first-order valence-corrected chi connectivity index (χ1v) is 4.08. The summed E-state index contributed by atoms with van der Waals surface area (Å²) in [4.78, 5) is 10.4. The van der Waals surface area contributed by atoms with Crippen LogP contribution in [0.15, 0.2) is 12.1 Å². The van der Waals surface area contributed by atoms with Crippen LogP contribution in [0, 0.1) is 6.92 Å². The quantitative estimate of drug-likeness (QED) is 0.768. The Morgan fingerprint density at radius 3 is 2.62 bits per heavy atom. The summed E-state index contributed by atoms with van der Waals surface area (Å²) in [6, 6.07) is 2.96. The molecule has 0 heterocycles. The van der Waals surface area contributed by atoms with Gasteiger partial charge in [0.15, 0.2) is 0 Å². The van der Waals surface area contributed by atoms with E-state index in [1.807, 2.05) is 0 Å². The van der Waals surface area contributed by atoms with Gasteiger partial charge in [0.25, 0.3) is 0 Å². The van der Waals surface area contributed by atoms with Gasteiger partial charge >= 0.3 is 5.97 Å². The molecule has 0 unspecified atom stereocenters. The van der Waals surface area contributed by atoms with Crippen molar-refractivity contribution in [2.45, 2.75) is 13.3 Å². The molecule has 0 saturated carbocycles. The van der Waals surface area contributed by atoms with Crippen LogP contribution in [0.5, 0.6) is 5.75 Å². The Balaban J connectivity index is 3.06. The third-order valence-corrected chi connectivity index (χ3v) is 2.12. The predicted molar refractivity (Wildman–Crippen MR) is 49.2 cm³/mol. The Labute approximate surface area is 80.6 Å². The van der Waals surface area contributed by atoms with Crippen molar-refractivity contribution in [3.8, 4) is 5.75 Å². The minimum atomic E-state index is -0.945. The van der Waals surface area contributed by atoms with E-state index in [9.17, 15) is 9.90 Å². The number of halogens is 1. The van der Waals surface area contributed by atoms with E-state index >= 15 is 0 Å². The van der Waals surface area contributed by atoms with Crippen LogP contribution in [-0.2, 0) is 11.2 Å². The molecule has 0 aliphatic rings. The first kappa shape index (κ1) is 9.86. The van der Waals surface area contributed by atoms with E-state index in [1.165, 1.54) is 6.07 Å². The molecule has 0 radical (unpaired) electrons. The number of rotatable bonds is 2. The summed E-state index contributed by atoms with van der Waals surface area (Å²) in [7, 11) is 0. The highest BCUT2D eigenvalue weighted by Gasteiger charge is 2.06. The molecule has 0 fully saturated rings. The van der Waals surface area contributed by atoms with Crippen LogP contribution in [-0.4, -0.2) is 16.2 Å². The van der Waals surface area contributed by atoms with Gasteiger partial charge in [-0.05, 0) is 24.6 Å². The van der Waals surface area contributed by atoms with Gasteiger partial charge in [0, 0.05) is 10.6 Å². The van der Waals surface area contributed by atoms with Crippen molar-refractivity contribution in [2.75, 3.05) is 0 Å². The van der Waals surface area contributed by atoms with Gasteiger partial charge in [-0.1, -0.05) is 11.6 Å². The van der Waals surface area contributed by atoms with Gasteiger partial charge in [0.1, 0.15) is 5.75 Å². The number of phenols is 1. The lowest BCUT2D eigenvalue weighted by Gasteiger charge is -2.04. The Bertz CT molecular complexity index is 324. The van der Waals surface area contributed by atoms with Crippen molar-refractivity contribution in [3.63, 3.8) is 0 Å². The molecule has 0 aliphatic carbocycles. The number of carboxylic acids is 1. The first-order valence-electron chi connectivity index (χ1n) is 3.70. The normalized spacial score (nSPS) is 10.0. The van der Waals surface area contributed by atoms with Crippen molar-refractivity contribution >= 4 is 17.6 Å². The fourth-order valence-electron chi connectivity index (χ4n) is 0.996. The van der Waals surface area contributed by atoms with E-state index < -0.39 is 5.97 Å². The Morgan fingerprint density at radius 1 is 1.54 bits per heavy atom. The summed E-state index contributed by atoms with van der Waals surface area (Å²) in [6.07, 6.45) is -0.131. The molecule has 0 bridgehead atoms. The zero-order chi connectivity index (χ0) is 10.0. The Morgan fingerprint density at radius 2 is 2.15 bits per heavy atom. The Hall–Kier alpha value is -1.22. The van der Waals surface area contributed by atoms with Crippen LogP contribution >= 0.6 is 11.6 Å². The standard InChI is InChI=1S/C9H9ClO3/c1-5-7(10)2-6(3-8(5)11)4-9(12)13/h2-3,11H,4H2,1H3,(H,12,13). The molecule has 0 spiro atoms. The van der Waals surface area contributed by atoms with Crippen molar-refractivity contribution in [1.82, 2.24) is 0 Å². The van der Waals surface area contributed by atoms with Crippen molar-refractivity contribution in [2.24, 2.45) is 0 Å². The number of benzene rings is 1. The molecule has 4 heteroatoms. The van der Waals surface area contributed by atoms with Crippen LogP contribution in [0.3, 0.4) is 0 Å². The van der Waals surface area contributed by atoms with Crippen molar-refractivity contribution in [3.05, 3.63) is 28.3 Å². The molecule has 3 nitrogen and oxygen atoms in total. The van der Waals surface area contributed by atoms with Gasteiger partial charge in [0.2, 0.25) is 0 Å². The van der Waals surface area contributed by atoms with Gasteiger partial charge in [-0.2, -0.15) is 0 Å².